The monoisotopic (exact) mass is 355 g/mol. The number of azo groups is 1. The zero-order chi connectivity index (χ0) is 18.6. The molecule has 0 spiro atoms. The Hall–Kier alpha value is -3.86. The maximum Gasteiger partial charge on any atom is 0.143 e. The van der Waals surface area contributed by atoms with Crippen molar-refractivity contribution in [1.29, 1.82) is 0 Å². The SMILES string of the molecule is Oc1ccccc1N=Nc1c(Nc2ccccc2O)ccc2ccccc12. The number of rotatable bonds is 4. The molecule has 4 aromatic rings. The molecule has 0 amide bonds. The van der Waals surface area contributed by atoms with Crippen LogP contribution in [0.15, 0.2) is 95.2 Å². The molecule has 0 fully saturated rings. The molecule has 0 aromatic heterocycles. The van der Waals surface area contributed by atoms with Crippen LogP contribution in [0.3, 0.4) is 0 Å². The second-order valence-corrected chi connectivity index (χ2v) is 6.01. The van der Waals surface area contributed by atoms with E-state index in [9.17, 15) is 10.2 Å². The molecule has 0 bridgehead atoms. The molecule has 5 heteroatoms. The van der Waals surface area contributed by atoms with Gasteiger partial charge in [-0.05, 0) is 35.7 Å². The highest BCUT2D eigenvalue weighted by molar-refractivity contribution is 5.99. The highest BCUT2D eigenvalue weighted by Gasteiger charge is 2.10. The molecule has 0 heterocycles. The number of anilines is 2. The van der Waals surface area contributed by atoms with Crippen LogP contribution in [0.2, 0.25) is 0 Å². The van der Waals surface area contributed by atoms with Crippen molar-refractivity contribution >= 4 is 33.5 Å². The second kappa shape index (κ2) is 7.17. The summed E-state index contributed by atoms with van der Waals surface area (Å²) >= 11 is 0. The molecule has 0 saturated heterocycles. The van der Waals surface area contributed by atoms with Crippen molar-refractivity contribution in [3.8, 4) is 11.5 Å². The average Bonchev–Trinajstić information content (AvgIpc) is 2.70. The highest BCUT2D eigenvalue weighted by atomic mass is 16.3. The first kappa shape index (κ1) is 16.6. The zero-order valence-electron chi connectivity index (χ0n) is 14.4. The fourth-order valence-electron chi connectivity index (χ4n) is 2.84. The Morgan fingerprint density at radius 1 is 0.593 bits per heavy atom. The minimum Gasteiger partial charge on any atom is -0.506 e. The molecule has 0 aliphatic carbocycles. The lowest BCUT2D eigenvalue weighted by Gasteiger charge is -2.12. The Labute approximate surface area is 156 Å². The highest BCUT2D eigenvalue weighted by Crippen LogP contribution is 2.39. The molecule has 5 nitrogen and oxygen atoms in total. The summed E-state index contributed by atoms with van der Waals surface area (Å²) in [5, 5.41) is 33.8. The van der Waals surface area contributed by atoms with Crippen molar-refractivity contribution in [1.82, 2.24) is 0 Å². The van der Waals surface area contributed by atoms with Crippen molar-refractivity contribution in [2.24, 2.45) is 10.2 Å². The van der Waals surface area contributed by atoms with E-state index in [1.807, 2.05) is 42.5 Å². The number of nitrogens with one attached hydrogen (secondary N) is 1. The van der Waals surface area contributed by atoms with E-state index < -0.39 is 0 Å². The fraction of sp³-hybridized carbons (Fsp3) is 0. The molecule has 0 radical (unpaired) electrons. The molecule has 3 N–H and O–H groups in total. The lowest BCUT2D eigenvalue weighted by molar-refractivity contribution is 0.476. The van der Waals surface area contributed by atoms with Crippen LogP contribution in [-0.2, 0) is 0 Å². The minimum atomic E-state index is 0.0664. The van der Waals surface area contributed by atoms with Crippen molar-refractivity contribution in [2.45, 2.75) is 0 Å². The molecule has 0 atom stereocenters. The van der Waals surface area contributed by atoms with Crippen LogP contribution in [0.1, 0.15) is 0 Å². The van der Waals surface area contributed by atoms with E-state index in [0.29, 0.717) is 22.7 Å². The van der Waals surface area contributed by atoms with Crippen LogP contribution >= 0.6 is 0 Å². The molecule has 4 aromatic carbocycles. The normalized spacial score (nSPS) is 11.1. The van der Waals surface area contributed by atoms with E-state index in [1.54, 1.807) is 42.5 Å². The van der Waals surface area contributed by atoms with E-state index in [2.05, 4.69) is 15.5 Å². The van der Waals surface area contributed by atoms with Gasteiger partial charge < -0.3 is 15.5 Å². The van der Waals surface area contributed by atoms with Crippen molar-refractivity contribution in [3.63, 3.8) is 0 Å². The molecular weight excluding hydrogens is 338 g/mol. The summed E-state index contributed by atoms with van der Waals surface area (Å²) in [5.74, 6) is 0.214. The Balaban J connectivity index is 1.83. The largest absolute Gasteiger partial charge is 0.506 e. The molecule has 0 aliphatic heterocycles. The lowest BCUT2D eigenvalue weighted by Crippen LogP contribution is -1.91. The van der Waals surface area contributed by atoms with Gasteiger partial charge in [0.15, 0.2) is 0 Å². The number of fused-ring (bicyclic) bond motifs is 1. The Morgan fingerprint density at radius 2 is 1.30 bits per heavy atom. The van der Waals surface area contributed by atoms with Gasteiger partial charge in [-0.3, -0.25) is 0 Å². The Bertz CT molecular complexity index is 1140. The van der Waals surface area contributed by atoms with Gasteiger partial charge in [-0.15, -0.1) is 10.2 Å². The standard InChI is InChI=1S/C22H17N3O2/c26-20-11-5-3-9-17(20)23-19-14-13-15-7-1-2-8-16(15)22(19)25-24-18-10-4-6-12-21(18)27/h1-14,23,26-27H. The Kier molecular flexibility index (Phi) is 4.41. The van der Waals surface area contributed by atoms with E-state index in [1.165, 1.54) is 0 Å². The van der Waals surface area contributed by atoms with Gasteiger partial charge in [0.05, 0.1) is 11.4 Å². The second-order valence-electron chi connectivity index (χ2n) is 6.01. The minimum absolute atomic E-state index is 0.0664. The molecule has 0 saturated carbocycles. The Morgan fingerprint density at radius 3 is 2.11 bits per heavy atom. The maximum atomic E-state index is 10.1. The quantitative estimate of drug-likeness (QED) is 0.292. The number of phenolic OH excluding ortho intramolecular Hbond substituents is 2. The first-order valence-corrected chi connectivity index (χ1v) is 8.49. The number of phenols is 2. The van der Waals surface area contributed by atoms with Crippen molar-refractivity contribution < 1.29 is 10.2 Å². The molecule has 132 valence electrons. The lowest BCUT2D eigenvalue weighted by atomic mass is 10.1. The van der Waals surface area contributed by atoms with E-state index in [4.69, 9.17) is 0 Å². The van der Waals surface area contributed by atoms with Crippen LogP contribution in [0.25, 0.3) is 10.8 Å². The predicted octanol–water partition coefficient (Wildman–Crippen LogP) is 6.41. The van der Waals surface area contributed by atoms with Crippen LogP contribution < -0.4 is 5.32 Å². The van der Waals surface area contributed by atoms with Gasteiger partial charge in [0, 0.05) is 5.39 Å². The van der Waals surface area contributed by atoms with Gasteiger partial charge >= 0.3 is 0 Å². The van der Waals surface area contributed by atoms with Gasteiger partial charge in [0.2, 0.25) is 0 Å². The van der Waals surface area contributed by atoms with Crippen molar-refractivity contribution in [3.05, 3.63) is 84.9 Å². The number of benzene rings is 4. The third-order valence-corrected chi connectivity index (χ3v) is 4.21. The van der Waals surface area contributed by atoms with Gasteiger partial charge in [0.25, 0.3) is 0 Å². The molecule has 0 unspecified atom stereocenters. The summed E-state index contributed by atoms with van der Waals surface area (Å²) in [6.45, 7) is 0. The predicted molar refractivity (Wildman–Crippen MR) is 108 cm³/mol. The van der Waals surface area contributed by atoms with Crippen LogP contribution in [0.5, 0.6) is 11.5 Å². The van der Waals surface area contributed by atoms with Gasteiger partial charge in [-0.1, -0.05) is 54.6 Å². The third-order valence-electron chi connectivity index (χ3n) is 4.21. The summed E-state index contributed by atoms with van der Waals surface area (Å²) < 4.78 is 0. The van der Waals surface area contributed by atoms with Gasteiger partial charge in [0.1, 0.15) is 22.9 Å². The fourth-order valence-corrected chi connectivity index (χ4v) is 2.84. The first-order chi connectivity index (χ1) is 13.2. The van der Waals surface area contributed by atoms with Gasteiger partial charge in [-0.25, -0.2) is 0 Å². The first-order valence-electron chi connectivity index (χ1n) is 8.49. The zero-order valence-corrected chi connectivity index (χ0v) is 14.4. The van der Waals surface area contributed by atoms with Crippen LogP contribution in [0.4, 0.5) is 22.7 Å². The third kappa shape index (κ3) is 3.43. The summed E-state index contributed by atoms with van der Waals surface area (Å²) in [6, 6.07) is 25.5. The maximum absolute atomic E-state index is 10.1. The van der Waals surface area contributed by atoms with Crippen LogP contribution in [0, 0.1) is 0 Å². The average molecular weight is 355 g/mol. The molecular formula is C22H17N3O2. The summed E-state index contributed by atoms with van der Waals surface area (Å²) in [6.07, 6.45) is 0. The van der Waals surface area contributed by atoms with Crippen LogP contribution in [-0.4, -0.2) is 10.2 Å². The van der Waals surface area contributed by atoms with E-state index in [0.717, 1.165) is 10.8 Å². The van der Waals surface area contributed by atoms with E-state index >= 15 is 0 Å². The number of hydrogen-bond acceptors (Lipinski definition) is 5. The summed E-state index contributed by atoms with van der Waals surface area (Å²) in [7, 11) is 0. The van der Waals surface area contributed by atoms with Gasteiger partial charge in [-0.2, -0.15) is 0 Å². The summed E-state index contributed by atoms with van der Waals surface area (Å²) in [4.78, 5) is 0. The number of nitrogens with zero attached hydrogens (tertiary/aromatic N) is 2. The summed E-state index contributed by atoms with van der Waals surface area (Å²) in [5.41, 5.74) is 2.29. The van der Waals surface area contributed by atoms with E-state index in [-0.39, 0.29) is 11.5 Å². The number of hydrogen-bond donors (Lipinski definition) is 3. The number of para-hydroxylation sites is 3. The van der Waals surface area contributed by atoms with Crippen molar-refractivity contribution in [2.75, 3.05) is 5.32 Å². The topological polar surface area (TPSA) is 77.2 Å². The smallest absolute Gasteiger partial charge is 0.143 e. The number of aromatic hydroxyl groups is 2. The molecule has 27 heavy (non-hydrogen) atoms. The molecule has 4 rings (SSSR count). The molecule has 0 aliphatic rings.